The van der Waals surface area contributed by atoms with Crippen molar-refractivity contribution in [2.75, 3.05) is 0 Å². The minimum absolute atomic E-state index is 0.122. The zero-order valence-corrected chi connectivity index (χ0v) is 11.4. The summed E-state index contributed by atoms with van der Waals surface area (Å²) < 4.78 is 5.86. The smallest absolute Gasteiger partial charge is 0.184 e. The predicted molar refractivity (Wildman–Crippen MR) is 63.4 cm³/mol. The van der Waals surface area contributed by atoms with Gasteiger partial charge in [0.2, 0.25) is 0 Å². The van der Waals surface area contributed by atoms with Crippen LogP contribution in [0.5, 0.6) is 0 Å². The highest BCUT2D eigenvalue weighted by Gasteiger charge is 2.33. The summed E-state index contributed by atoms with van der Waals surface area (Å²) in [5.41, 5.74) is -0.750. The average molecular weight is 241 g/mol. The monoisotopic (exact) mass is 241 g/mol. The number of carbonyl (C=O) groups excluding carboxylic acids is 2. The molecule has 1 unspecified atom stereocenters. The Labute approximate surface area is 97.7 Å². The molecule has 0 aromatic heterocycles. The van der Waals surface area contributed by atoms with Gasteiger partial charge in [-0.1, -0.05) is 0 Å². The first-order chi connectivity index (χ1) is 7.22. The summed E-state index contributed by atoms with van der Waals surface area (Å²) in [6.07, 6.45) is 0.960. The minimum Gasteiger partial charge on any atom is -0.412 e. The van der Waals surface area contributed by atoms with Gasteiger partial charge in [-0.2, -0.15) is 5.26 Å². The fourth-order valence-corrected chi connectivity index (χ4v) is 3.27. The summed E-state index contributed by atoms with van der Waals surface area (Å²) in [5, 5.41) is 8.42. The molecule has 0 aromatic carbocycles. The topological polar surface area (TPSA) is 67.2 Å². The molecule has 0 aromatic rings. The fraction of sp³-hybridized carbons (Fsp3) is 0.727. The Balaban J connectivity index is 4.63. The molecule has 0 saturated carbocycles. The molecule has 0 heterocycles. The van der Waals surface area contributed by atoms with Crippen LogP contribution in [0, 0.1) is 11.3 Å². The van der Waals surface area contributed by atoms with E-state index in [0.717, 1.165) is 6.29 Å². The van der Waals surface area contributed by atoms with E-state index in [9.17, 15) is 9.59 Å². The molecule has 0 aliphatic heterocycles. The molecule has 0 aliphatic rings. The van der Waals surface area contributed by atoms with Gasteiger partial charge in [-0.3, -0.25) is 4.79 Å². The highest BCUT2D eigenvalue weighted by Crippen LogP contribution is 2.25. The van der Waals surface area contributed by atoms with Crippen molar-refractivity contribution >= 4 is 20.4 Å². The second kappa shape index (κ2) is 5.92. The van der Waals surface area contributed by atoms with E-state index in [0.29, 0.717) is 0 Å². The third-order valence-electron chi connectivity index (χ3n) is 1.92. The first kappa shape index (κ1) is 15.0. The molecule has 0 radical (unpaired) electrons. The standard InChI is InChI=1S/C11H19NO3Si/c1-11(6-8-13,15-16(2,3)4)9-10(14)5-7-12/h8H,5-6,9H2,1-4H3. The second-order valence-electron chi connectivity index (χ2n) is 5.09. The van der Waals surface area contributed by atoms with Crippen molar-refractivity contribution in [3.8, 4) is 6.07 Å². The van der Waals surface area contributed by atoms with Gasteiger partial charge < -0.3 is 9.22 Å². The van der Waals surface area contributed by atoms with Gasteiger partial charge in [0.1, 0.15) is 12.1 Å². The number of nitriles is 1. The molecule has 0 N–H and O–H groups in total. The van der Waals surface area contributed by atoms with Gasteiger partial charge in [-0.05, 0) is 26.6 Å². The van der Waals surface area contributed by atoms with Gasteiger partial charge in [-0.15, -0.1) is 0 Å². The van der Waals surface area contributed by atoms with Crippen LogP contribution >= 0.6 is 0 Å². The number of Topliss-reactive ketones (excluding diaryl/α,β-unsaturated/α-hetero) is 1. The van der Waals surface area contributed by atoms with Gasteiger partial charge in [-0.25, -0.2) is 0 Å². The van der Waals surface area contributed by atoms with E-state index in [4.69, 9.17) is 9.69 Å². The molecule has 0 amide bonds. The maximum absolute atomic E-state index is 11.4. The van der Waals surface area contributed by atoms with Crippen LogP contribution in [0.3, 0.4) is 0 Å². The van der Waals surface area contributed by atoms with Crippen LogP contribution in [-0.2, 0) is 14.0 Å². The second-order valence-corrected chi connectivity index (χ2v) is 9.51. The van der Waals surface area contributed by atoms with Gasteiger partial charge in [0, 0.05) is 12.8 Å². The summed E-state index contributed by atoms with van der Waals surface area (Å²) in [5.74, 6) is -0.176. The van der Waals surface area contributed by atoms with Crippen molar-refractivity contribution in [2.24, 2.45) is 0 Å². The highest BCUT2D eigenvalue weighted by atomic mass is 28.4. The van der Waals surface area contributed by atoms with Crippen molar-refractivity contribution < 1.29 is 14.0 Å². The molecule has 0 aliphatic carbocycles. The van der Waals surface area contributed by atoms with E-state index in [1.807, 2.05) is 25.7 Å². The summed E-state index contributed by atoms with van der Waals surface area (Å²) >= 11 is 0. The van der Waals surface area contributed by atoms with E-state index in [2.05, 4.69) is 0 Å². The third kappa shape index (κ3) is 6.48. The number of hydrogen-bond acceptors (Lipinski definition) is 4. The van der Waals surface area contributed by atoms with Gasteiger partial charge >= 0.3 is 0 Å². The fourth-order valence-electron chi connectivity index (χ4n) is 1.63. The maximum atomic E-state index is 11.4. The van der Waals surface area contributed by atoms with E-state index in [-0.39, 0.29) is 25.0 Å². The molecule has 0 bridgehead atoms. The van der Waals surface area contributed by atoms with Crippen molar-refractivity contribution in [3.05, 3.63) is 0 Å². The van der Waals surface area contributed by atoms with Crippen LogP contribution in [0.15, 0.2) is 0 Å². The number of carbonyl (C=O) groups is 2. The lowest BCUT2D eigenvalue weighted by atomic mass is 9.95. The Bertz CT molecular complexity index is 303. The van der Waals surface area contributed by atoms with Gasteiger partial charge in [0.25, 0.3) is 0 Å². The number of rotatable bonds is 7. The average Bonchev–Trinajstić information content (AvgIpc) is 1.99. The van der Waals surface area contributed by atoms with Gasteiger partial charge in [0.15, 0.2) is 8.32 Å². The first-order valence-corrected chi connectivity index (χ1v) is 8.66. The van der Waals surface area contributed by atoms with Gasteiger partial charge in [0.05, 0.1) is 18.1 Å². The highest BCUT2D eigenvalue weighted by molar-refractivity contribution is 6.69. The third-order valence-corrected chi connectivity index (χ3v) is 3.02. The van der Waals surface area contributed by atoms with Crippen LogP contribution < -0.4 is 0 Å². The van der Waals surface area contributed by atoms with Crippen LogP contribution in [0.1, 0.15) is 26.2 Å². The SMILES string of the molecule is CC(CC=O)(CC(=O)CC#N)O[Si](C)(C)C. The van der Waals surface area contributed by atoms with Crippen LogP contribution in [0.2, 0.25) is 19.6 Å². The Hall–Kier alpha value is -0.993. The van der Waals surface area contributed by atoms with Crippen LogP contribution in [0.25, 0.3) is 0 Å². The molecular weight excluding hydrogens is 222 g/mol. The quantitative estimate of drug-likeness (QED) is 0.505. The zero-order valence-electron chi connectivity index (χ0n) is 10.4. The summed E-state index contributed by atoms with van der Waals surface area (Å²) in [6, 6.07) is 1.81. The minimum atomic E-state index is -1.81. The molecule has 4 nitrogen and oxygen atoms in total. The Kier molecular flexibility index (Phi) is 5.55. The summed E-state index contributed by atoms with van der Waals surface area (Å²) in [7, 11) is -1.81. The lowest BCUT2D eigenvalue weighted by molar-refractivity contribution is -0.123. The van der Waals surface area contributed by atoms with E-state index in [1.165, 1.54) is 0 Å². The summed E-state index contributed by atoms with van der Waals surface area (Å²) in [6.45, 7) is 7.77. The van der Waals surface area contributed by atoms with E-state index < -0.39 is 13.9 Å². The van der Waals surface area contributed by atoms with E-state index in [1.54, 1.807) is 6.92 Å². The largest absolute Gasteiger partial charge is 0.412 e. The Morgan fingerprint density at radius 3 is 2.44 bits per heavy atom. The van der Waals surface area contributed by atoms with Crippen molar-refractivity contribution in [1.82, 2.24) is 0 Å². The molecule has 0 rings (SSSR count). The molecule has 16 heavy (non-hydrogen) atoms. The molecule has 1 atom stereocenters. The van der Waals surface area contributed by atoms with Crippen LogP contribution in [0.4, 0.5) is 0 Å². The number of hydrogen-bond donors (Lipinski definition) is 0. The molecule has 0 fully saturated rings. The Morgan fingerprint density at radius 1 is 1.50 bits per heavy atom. The number of nitrogens with zero attached hydrogens (tertiary/aromatic N) is 1. The normalized spacial score (nSPS) is 14.9. The van der Waals surface area contributed by atoms with Crippen LogP contribution in [-0.4, -0.2) is 26.0 Å². The first-order valence-electron chi connectivity index (χ1n) is 5.25. The molecule has 90 valence electrons. The zero-order chi connectivity index (χ0) is 12.8. The summed E-state index contributed by atoms with van der Waals surface area (Å²) in [4.78, 5) is 22.0. The molecule has 5 heteroatoms. The van der Waals surface area contributed by atoms with Crippen molar-refractivity contribution in [2.45, 2.75) is 51.4 Å². The number of ketones is 1. The predicted octanol–water partition coefficient (Wildman–Crippen LogP) is 2.06. The lowest BCUT2D eigenvalue weighted by Gasteiger charge is -2.34. The Morgan fingerprint density at radius 2 is 2.06 bits per heavy atom. The van der Waals surface area contributed by atoms with Crippen molar-refractivity contribution in [1.29, 1.82) is 5.26 Å². The maximum Gasteiger partial charge on any atom is 0.184 e. The van der Waals surface area contributed by atoms with Crippen molar-refractivity contribution in [3.63, 3.8) is 0 Å². The molecular formula is C11H19NO3Si. The van der Waals surface area contributed by atoms with E-state index >= 15 is 0 Å². The number of aldehydes is 1. The molecule has 0 spiro atoms. The molecule has 0 saturated heterocycles. The lowest BCUT2D eigenvalue weighted by Crippen LogP contribution is -2.42.